The summed E-state index contributed by atoms with van der Waals surface area (Å²) < 4.78 is 0. The van der Waals surface area contributed by atoms with Crippen molar-refractivity contribution < 1.29 is 0 Å². The van der Waals surface area contributed by atoms with E-state index >= 15 is 0 Å². The highest BCUT2D eigenvalue weighted by Gasteiger charge is 2.27. The van der Waals surface area contributed by atoms with E-state index in [1.165, 1.54) is 64.2 Å². The molecular weight excluding hydrogens is 577 g/mol. The molecule has 0 saturated heterocycles. The van der Waals surface area contributed by atoms with Crippen molar-refractivity contribution in [2.24, 2.45) is 0 Å². The minimum absolute atomic E-state index is 0.412. The quantitative estimate of drug-likeness (QED) is 0.225. The average Bonchev–Trinajstić information content (AvgIpc) is 3.18. The Bertz CT molecular complexity index is 982. The van der Waals surface area contributed by atoms with E-state index in [1.54, 1.807) is 33.4 Å². The largest absolute Gasteiger partial charge is 0.0683 e. The molecule has 6 rings (SSSR count). The van der Waals surface area contributed by atoms with E-state index in [1.807, 2.05) is 96.9 Å². The third-order valence-electron chi connectivity index (χ3n) is 8.25. The molecule has 278 valence electrons. The van der Waals surface area contributed by atoms with Crippen molar-refractivity contribution in [3.05, 3.63) is 106 Å². The van der Waals surface area contributed by atoms with Crippen molar-refractivity contribution in [3.63, 3.8) is 0 Å². The van der Waals surface area contributed by atoms with Crippen LogP contribution < -0.4 is 0 Å². The third-order valence-corrected chi connectivity index (χ3v) is 8.25. The van der Waals surface area contributed by atoms with Gasteiger partial charge in [-0.1, -0.05) is 197 Å². The second-order valence-corrected chi connectivity index (χ2v) is 11.8. The van der Waals surface area contributed by atoms with Gasteiger partial charge in [0.1, 0.15) is 0 Å². The fraction of sp³-hybridized carbons (Fsp3) is 0.625. The highest BCUT2D eigenvalue weighted by molar-refractivity contribution is 5.36. The molecule has 0 nitrogen and oxygen atoms in total. The Balaban J connectivity index is -0.000000256. The first-order valence-corrected chi connectivity index (χ1v) is 20.6. The highest BCUT2D eigenvalue weighted by atomic mass is 14.3. The molecule has 0 unspecified atom stereocenters. The Kier molecular flexibility index (Phi) is 37.7. The van der Waals surface area contributed by atoms with Crippen LogP contribution in [0, 0.1) is 0 Å². The fourth-order valence-electron chi connectivity index (χ4n) is 6.18. The molecular formula is C48H86. The van der Waals surface area contributed by atoms with Gasteiger partial charge in [0.25, 0.3) is 0 Å². The zero-order chi connectivity index (χ0) is 38.0. The second kappa shape index (κ2) is 34.5. The average molecular weight is 663 g/mol. The zero-order valence-corrected chi connectivity index (χ0v) is 36.0. The summed E-state index contributed by atoms with van der Waals surface area (Å²) in [6.07, 6.45) is 13.3. The Labute approximate surface area is 305 Å². The topological polar surface area (TPSA) is 0 Å². The maximum absolute atomic E-state index is 2.35. The van der Waals surface area contributed by atoms with Gasteiger partial charge in [0.05, 0.1) is 0 Å². The van der Waals surface area contributed by atoms with E-state index in [0.29, 0.717) is 10.8 Å². The van der Waals surface area contributed by atoms with E-state index in [2.05, 4.69) is 100 Å². The van der Waals surface area contributed by atoms with Crippen molar-refractivity contribution in [2.45, 2.75) is 200 Å². The first-order chi connectivity index (χ1) is 23.4. The molecule has 0 amide bonds. The summed E-state index contributed by atoms with van der Waals surface area (Å²) in [7, 11) is 0. The van der Waals surface area contributed by atoms with Gasteiger partial charge in [-0.15, -0.1) is 0 Å². The van der Waals surface area contributed by atoms with Crippen molar-refractivity contribution >= 4 is 0 Å². The Morgan fingerprint density at radius 3 is 0.812 bits per heavy atom. The van der Waals surface area contributed by atoms with Crippen molar-refractivity contribution in [3.8, 4) is 0 Å². The summed E-state index contributed by atoms with van der Waals surface area (Å²) >= 11 is 0. The van der Waals surface area contributed by atoms with Crippen molar-refractivity contribution in [1.29, 1.82) is 0 Å². The zero-order valence-electron chi connectivity index (χ0n) is 36.0. The summed E-state index contributed by atoms with van der Waals surface area (Å²) in [6.45, 7) is 37.4. The molecule has 3 aromatic carbocycles. The monoisotopic (exact) mass is 663 g/mol. The lowest BCUT2D eigenvalue weighted by atomic mass is 9.73. The second-order valence-electron chi connectivity index (χ2n) is 11.8. The number of rotatable bonds is 0. The summed E-state index contributed by atoms with van der Waals surface area (Å²) in [5.41, 5.74) is 10.2. The number of hydrogen-bond donors (Lipinski definition) is 0. The predicted molar refractivity (Wildman–Crippen MR) is 227 cm³/mol. The Morgan fingerprint density at radius 1 is 0.312 bits per heavy atom. The molecule has 0 aliphatic heterocycles. The molecule has 3 aliphatic carbocycles. The van der Waals surface area contributed by atoms with Crippen LogP contribution in [-0.4, -0.2) is 0 Å². The number of hydrogen-bond acceptors (Lipinski definition) is 0. The lowest BCUT2D eigenvalue weighted by Crippen LogP contribution is -2.23. The van der Waals surface area contributed by atoms with Gasteiger partial charge in [0.2, 0.25) is 0 Å². The molecule has 0 radical (unpaired) electrons. The molecule has 0 aromatic heterocycles. The third kappa shape index (κ3) is 19.6. The van der Waals surface area contributed by atoms with Gasteiger partial charge in [0.15, 0.2) is 0 Å². The fourth-order valence-corrected chi connectivity index (χ4v) is 6.18. The van der Waals surface area contributed by atoms with Crippen molar-refractivity contribution in [2.75, 3.05) is 0 Å². The summed E-state index contributed by atoms with van der Waals surface area (Å²) in [4.78, 5) is 0. The predicted octanol–water partition coefficient (Wildman–Crippen LogP) is 16.3. The van der Waals surface area contributed by atoms with Crippen LogP contribution in [0.5, 0.6) is 0 Å². The lowest BCUT2D eigenvalue weighted by molar-refractivity contribution is 0.432. The van der Waals surface area contributed by atoms with Crippen LogP contribution in [0.3, 0.4) is 0 Å². The molecule has 48 heavy (non-hydrogen) atoms. The van der Waals surface area contributed by atoms with E-state index < -0.39 is 0 Å². The van der Waals surface area contributed by atoms with Crippen molar-refractivity contribution in [1.82, 2.24) is 0 Å². The molecule has 0 fully saturated rings. The van der Waals surface area contributed by atoms with Gasteiger partial charge in [-0.2, -0.15) is 0 Å². The van der Waals surface area contributed by atoms with Crippen LogP contribution in [0.2, 0.25) is 0 Å². The number of aryl methyl sites for hydroxylation is 4. The van der Waals surface area contributed by atoms with Gasteiger partial charge in [-0.25, -0.2) is 0 Å². The number of benzene rings is 3. The minimum Gasteiger partial charge on any atom is -0.0683 e. The molecule has 0 heteroatoms. The van der Waals surface area contributed by atoms with Gasteiger partial charge >= 0.3 is 0 Å². The molecule has 0 spiro atoms. The normalized spacial score (nSPS) is 14.4. The first kappa shape index (κ1) is 52.5. The van der Waals surface area contributed by atoms with Crippen LogP contribution in [0.4, 0.5) is 0 Å². The Morgan fingerprint density at radius 2 is 0.542 bits per heavy atom. The maximum atomic E-state index is 2.35. The van der Waals surface area contributed by atoms with E-state index in [-0.39, 0.29) is 0 Å². The van der Waals surface area contributed by atoms with E-state index in [9.17, 15) is 0 Å². The number of fused-ring (bicyclic) bond motifs is 3. The van der Waals surface area contributed by atoms with Gasteiger partial charge in [-0.3, -0.25) is 0 Å². The van der Waals surface area contributed by atoms with Crippen LogP contribution in [0.25, 0.3) is 0 Å². The molecule has 3 aliphatic rings. The smallest absolute Gasteiger partial charge is 0.0101 e. The maximum Gasteiger partial charge on any atom is -0.0101 e. The van der Waals surface area contributed by atoms with Crippen LogP contribution in [0.15, 0.2) is 72.8 Å². The van der Waals surface area contributed by atoms with Crippen LogP contribution >= 0.6 is 0 Å². The minimum atomic E-state index is 0.412. The van der Waals surface area contributed by atoms with Gasteiger partial charge in [-0.05, 0) is 108 Å². The molecule has 0 bridgehead atoms. The molecule has 0 atom stereocenters. The molecule has 3 aromatic rings. The van der Waals surface area contributed by atoms with Gasteiger partial charge < -0.3 is 0 Å². The first-order valence-electron chi connectivity index (χ1n) is 20.6. The van der Waals surface area contributed by atoms with E-state index in [4.69, 9.17) is 0 Å². The Hall–Kier alpha value is -2.34. The lowest BCUT2D eigenvalue weighted by Gasteiger charge is -2.32. The molecule has 0 saturated carbocycles. The SMILES string of the molecule is CC.CC.CC.CC.CC.CC.CC.CC1(C)CCCc2ccccc21.CC1(C)CCCc2ccccc21.c1ccc2c(c1)CCCC2. The summed E-state index contributed by atoms with van der Waals surface area (Å²) in [6, 6.07) is 26.5. The molecule has 0 N–H and O–H groups in total. The van der Waals surface area contributed by atoms with Crippen LogP contribution in [-0.2, 0) is 36.5 Å². The van der Waals surface area contributed by atoms with E-state index in [0.717, 1.165) is 0 Å². The summed E-state index contributed by atoms with van der Waals surface area (Å²) in [5.74, 6) is 0. The van der Waals surface area contributed by atoms with Crippen LogP contribution in [0.1, 0.15) is 197 Å². The standard InChI is InChI=1S/2C12H16.C10H12.7C2H6/c2*1-12(2)9-5-7-10-6-3-4-8-11(10)12;1-2-6-10-8-4-3-7-9(10)5-1;7*1-2/h2*3-4,6,8H,5,7,9H2,1-2H3;1-2,5-6H,3-4,7-8H2;7*1-2H3. The summed E-state index contributed by atoms with van der Waals surface area (Å²) in [5, 5.41) is 0. The molecule has 0 heterocycles. The van der Waals surface area contributed by atoms with Gasteiger partial charge in [0, 0.05) is 0 Å². The highest BCUT2D eigenvalue weighted by Crippen LogP contribution is 2.37.